The van der Waals surface area contributed by atoms with Gasteiger partial charge in [-0.3, -0.25) is 9.52 Å². The lowest BCUT2D eigenvalue weighted by Gasteiger charge is -2.16. The first-order valence-corrected chi connectivity index (χ1v) is 13.4. The number of amides is 1. The first kappa shape index (κ1) is 23.3. The number of hydrogen-bond acceptors (Lipinski definition) is 9. The molecule has 1 aliphatic carbocycles. The Bertz CT molecular complexity index is 1390. The molecule has 1 N–H and O–H groups in total. The molecule has 1 amide bonds. The minimum atomic E-state index is -3.55. The Morgan fingerprint density at radius 2 is 2.00 bits per heavy atom. The molecule has 0 spiro atoms. The van der Waals surface area contributed by atoms with Crippen LogP contribution < -0.4 is 14.2 Å². The third-order valence-corrected chi connectivity index (χ3v) is 6.66. The summed E-state index contributed by atoms with van der Waals surface area (Å²) in [7, 11) is -2.13. The van der Waals surface area contributed by atoms with Gasteiger partial charge in [0.2, 0.25) is 27.7 Å². The van der Waals surface area contributed by atoms with E-state index in [1.807, 2.05) is 16.4 Å². The van der Waals surface area contributed by atoms with Crippen molar-refractivity contribution in [1.82, 2.24) is 29.4 Å². The average Bonchev–Trinajstić information content (AvgIpc) is 3.45. The van der Waals surface area contributed by atoms with Crippen molar-refractivity contribution in [3.05, 3.63) is 18.6 Å². The summed E-state index contributed by atoms with van der Waals surface area (Å²) in [6, 6.07) is 1.62. The van der Waals surface area contributed by atoms with E-state index in [1.54, 1.807) is 12.3 Å². The number of anilines is 1. The van der Waals surface area contributed by atoms with E-state index >= 15 is 0 Å². The number of nitrogens with one attached hydrogen (secondary N) is 1. The number of carbonyl (C=O) groups excluding carboxylic acids is 1. The Hall–Kier alpha value is -3.48. The molecule has 2 fully saturated rings. The van der Waals surface area contributed by atoms with Crippen LogP contribution in [0.1, 0.15) is 26.2 Å². The summed E-state index contributed by atoms with van der Waals surface area (Å²) in [6.07, 6.45) is 6.57. The number of imidazole rings is 1. The topological polar surface area (TPSA) is 141 Å². The van der Waals surface area contributed by atoms with Crippen LogP contribution in [-0.2, 0) is 21.4 Å². The smallest absolute Gasteiger partial charge is 0.245 e. The van der Waals surface area contributed by atoms with Gasteiger partial charge in [0.25, 0.3) is 0 Å². The van der Waals surface area contributed by atoms with Gasteiger partial charge in [-0.15, -0.1) is 0 Å². The van der Waals surface area contributed by atoms with Gasteiger partial charge in [0.05, 0.1) is 19.9 Å². The molecule has 1 atom stereocenters. The average molecular weight is 502 g/mol. The lowest BCUT2D eigenvalue weighted by atomic mass is 10.2. The fraction of sp³-hybridized carbons (Fsp3) is 0.500. The minimum absolute atomic E-state index is 0.147. The zero-order valence-corrected chi connectivity index (χ0v) is 20.6. The van der Waals surface area contributed by atoms with Crippen molar-refractivity contribution in [2.45, 2.75) is 38.8 Å². The van der Waals surface area contributed by atoms with Crippen LogP contribution in [0.3, 0.4) is 0 Å². The summed E-state index contributed by atoms with van der Waals surface area (Å²) >= 11 is 0. The Kier molecular flexibility index (Phi) is 5.95. The van der Waals surface area contributed by atoms with E-state index in [4.69, 9.17) is 14.5 Å². The second-order valence-electron chi connectivity index (χ2n) is 8.77. The summed E-state index contributed by atoms with van der Waals surface area (Å²) < 4.78 is 39.4. The van der Waals surface area contributed by atoms with Crippen LogP contribution in [0.25, 0.3) is 22.6 Å². The Balaban J connectivity index is 1.47. The number of carbonyl (C=O) groups is 1. The summed E-state index contributed by atoms with van der Waals surface area (Å²) in [5.74, 6) is 1.44. The van der Waals surface area contributed by atoms with Gasteiger partial charge in [-0.1, -0.05) is 0 Å². The Morgan fingerprint density at radius 1 is 1.20 bits per heavy atom. The number of likely N-dealkylation sites (tertiary alicyclic amines) is 1. The molecule has 35 heavy (non-hydrogen) atoms. The lowest BCUT2D eigenvalue weighted by molar-refractivity contribution is -0.131. The van der Waals surface area contributed by atoms with Crippen LogP contribution in [0.5, 0.6) is 11.8 Å². The summed E-state index contributed by atoms with van der Waals surface area (Å²) in [5, 5.41) is 0. The highest BCUT2D eigenvalue weighted by molar-refractivity contribution is 7.92. The maximum Gasteiger partial charge on any atom is 0.245 e. The molecule has 186 valence electrons. The molecule has 0 radical (unpaired) electrons. The molecule has 13 heteroatoms. The molecule has 4 heterocycles. The number of rotatable bonds is 8. The number of ether oxygens (including phenoxy) is 2. The highest BCUT2D eigenvalue weighted by Gasteiger charge is 2.37. The van der Waals surface area contributed by atoms with E-state index in [2.05, 4.69) is 19.7 Å². The second-order valence-corrected chi connectivity index (χ2v) is 10.5. The number of nitrogens with zero attached hydrogens (tertiary/aromatic N) is 6. The van der Waals surface area contributed by atoms with Crippen LogP contribution in [0.15, 0.2) is 18.6 Å². The van der Waals surface area contributed by atoms with Gasteiger partial charge in [-0.05, 0) is 25.8 Å². The lowest BCUT2D eigenvalue weighted by Crippen LogP contribution is -2.32. The van der Waals surface area contributed by atoms with Crippen LogP contribution in [0.2, 0.25) is 0 Å². The van der Waals surface area contributed by atoms with E-state index < -0.39 is 10.0 Å². The van der Waals surface area contributed by atoms with E-state index in [0.29, 0.717) is 48.1 Å². The normalized spacial score (nSPS) is 18.1. The first-order chi connectivity index (χ1) is 16.8. The number of methoxy groups -OCH3 is 1. The number of aryl methyl sites for hydroxylation is 1. The molecule has 1 unspecified atom stereocenters. The molecule has 0 aromatic carbocycles. The van der Waals surface area contributed by atoms with Crippen LogP contribution in [0.4, 0.5) is 5.69 Å². The van der Waals surface area contributed by atoms with Crippen LogP contribution in [0, 0.1) is 5.92 Å². The minimum Gasteiger partial charge on any atom is -0.480 e. The van der Waals surface area contributed by atoms with E-state index in [1.165, 1.54) is 13.4 Å². The maximum absolute atomic E-state index is 12.4. The Morgan fingerprint density at radius 3 is 2.69 bits per heavy atom. The van der Waals surface area contributed by atoms with Crippen molar-refractivity contribution in [1.29, 1.82) is 0 Å². The Labute approximate surface area is 202 Å². The van der Waals surface area contributed by atoms with Crippen LogP contribution >= 0.6 is 0 Å². The zero-order valence-electron chi connectivity index (χ0n) is 19.8. The van der Waals surface area contributed by atoms with Gasteiger partial charge in [0.1, 0.15) is 23.9 Å². The SMILES string of the molecule is CCn1c(-c2cnc(OC)c(NS(C)(=O)=O)c2)nc2c(OC3CCN(C(=O)C4CC4)C3)ncnc21. The number of aromatic nitrogens is 5. The fourth-order valence-electron chi connectivity index (χ4n) is 4.30. The van der Waals surface area contributed by atoms with Crippen molar-refractivity contribution >= 4 is 32.8 Å². The molecule has 1 saturated carbocycles. The molecule has 3 aromatic heterocycles. The summed E-state index contributed by atoms with van der Waals surface area (Å²) in [6.45, 7) is 3.72. The number of pyridine rings is 1. The van der Waals surface area contributed by atoms with E-state index in [-0.39, 0.29) is 29.5 Å². The molecule has 1 aliphatic heterocycles. The molecular formula is C22H27N7O5S. The number of fused-ring (bicyclic) bond motifs is 1. The van der Waals surface area contributed by atoms with Crippen LogP contribution in [-0.4, -0.2) is 76.3 Å². The fourth-order valence-corrected chi connectivity index (χ4v) is 4.85. The largest absolute Gasteiger partial charge is 0.480 e. The number of sulfonamides is 1. The van der Waals surface area contributed by atoms with Crippen molar-refractivity contribution in [2.75, 3.05) is 31.2 Å². The number of hydrogen-bond donors (Lipinski definition) is 1. The maximum atomic E-state index is 12.4. The molecule has 3 aromatic rings. The highest BCUT2D eigenvalue weighted by Crippen LogP contribution is 2.34. The second kappa shape index (κ2) is 8.95. The predicted molar refractivity (Wildman–Crippen MR) is 128 cm³/mol. The van der Waals surface area contributed by atoms with Crippen molar-refractivity contribution in [3.63, 3.8) is 0 Å². The quantitative estimate of drug-likeness (QED) is 0.488. The van der Waals surface area contributed by atoms with Gasteiger partial charge < -0.3 is 18.9 Å². The van der Waals surface area contributed by atoms with Crippen molar-refractivity contribution in [3.8, 4) is 23.1 Å². The molecular weight excluding hydrogens is 474 g/mol. The van der Waals surface area contributed by atoms with Gasteiger partial charge in [0, 0.05) is 37.2 Å². The monoisotopic (exact) mass is 501 g/mol. The van der Waals surface area contributed by atoms with E-state index in [9.17, 15) is 13.2 Å². The standard InChI is InChI=1S/C22H27N7O5S/c1-4-29-18(14-9-16(27-35(3,31)32)20(33-2)23-10-14)26-17-19(29)24-12-25-21(17)34-15-7-8-28(11-15)22(30)13-5-6-13/h9-10,12-13,15,27H,4-8,11H2,1-3H3. The molecule has 5 rings (SSSR count). The summed E-state index contributed by atoms with van der Waals surface area (Å²) in [5.41, 5.74) is 1.86. The van der Waals surface area contributed by atoms with Gasteiger partial charge in [-0.2, -0.15) is 4.98 Å². The highest BCUT2D eigenvalue weighted by atomic mass is 32.2. The molecule has 0 bridgehead atoms. The van der Waals surface area contributed by atoms with Gasteiger partial charge in [-0.25, -0.2) is 23.4 Å². The van der Waals surface area contributed by atoms with Crippen molar-refractivity contribution in [2.24, 2.45) is 5.92 Å². The predicted octanol–water partition coefficient (Wildman–Crippen LogP) is 1.68. The third-order valence-electron chi connectivity index (χ3n) is 6.07. The van der Waals surface area contributed by atoms with Gasteiger partial charge in [0.15, 0.2) is 11.2 Å². The third kappa shape index (κ3) is 4.72. The molecule has 12 nitrogen and oxygen atoms in total. The van der Waals surface area contributed by atoms with Crippen molar-refractivity contribution < 1.29 is 22.7 Å². The van der Waals surface area contributed by atoms with Gasteiger partial charge >= 0.3 is 0 Å². The molecule has 2 aliphatic rings. The van der Waals surface area contributed by atoms with E-state index in [0.717, 1.165) is 25.5 Å². The molecule has 1 saturated heterocycles. The first-order valence-electron chi connectivity index (χ1n) is 11.5. The summed E-state index contributed by atoms with van der Waals surface area (Å²) in [4.78, 5) is 32.0. The zero-order chi connectivity index (χ0) is 24.7.